The lowest BCUT2D eigenvalue weighted by Gasteiger charge is -2.10. The molecule has 9 heteroatoms. The molecule has 1 heterocycles. The van der Waals surface area contributed by atoms with Crippen LogP contribution in [0.5, 0.6) is 0 Å². The topological polar surface area (TPSA) is 59.0 Å². The van der Waals surface area contributed by atoms with Crippen LogP contribution in [0.15, 0.2) is 60.9 Å². The van der Waals surface area contributed by atoms with Crippen LogP contribution in [-0.4, -0.2) is 15.8 Å². The molecule has 0 aliphatic rings. The smallest absolute Gasteiger partial charge is 0.308 e. The van der Waals surface area contributed by atoms with E-state index in [4.69, 9.17) is 11.6 Å². The van der Waals surface area contributed by atoms with Crippen LogP contribution in [0.25, 0.3) is 0 Å². The average Bonchev–Trinajstić information content (AvgIpc) is 3.03. The van der Waals surface area contributed by atoms with E-state index in [9.17, 15) is 18.0 Å². The SMILES string of the molecule is O=C(Nc1cccc(C(F)(F)F)c1)Nc1cnn(Cc2ccc(Cl)cc2)c1. The van der Waals surface area contributed by atoms with E-state index in [1.807, 2.05) is 12.1 Å². The van der Waals surface area contributed by atoms with Crippen molar-refractivity contribution in [2.24, 2.45) is 0 Å². The molecule has 2 N–H and O–H groups in total. The summed E-state index contributed by atoms with van der Waals surface area (Å²) in [5.74, 6) is 0. The van der Waals surface area contributed by atoms with Gasteiger partial charge in [0.25, 0.3) is 0 Å². The van der Waals surface area contributed by atoms with Crippen LogP contribution in [0.2, 0.25) is 5.02 Å². The standard InChI is InChI=1S/C18H14ClF3N4O/c19-14-6-4-12(5-7-14)10-26-11-16(9-23-26)25-17(27)24-15-3-1-2-13(8-15)18(20,21)22/h1-9,11H,10H2,(H2,24,25,27). The van der Waals surface area contributed by atoms with Crippen molar-refractivity contribution in [2.75, 3.05) is 10.6 Å². The van der Waals surface area contributed by atoms with Crippen LogP contribution in [0.1, 0.15) is 11.1 Å². The number of alkyl halides is 3. The Hall–Kier alpha value is -3.00. The number of hydrogen-bond acceptors (Lipinski definition) is 2. The lowest BCUT2D eigenvalue weighted by atomic mass is 10.2. The largest absolute Gasteiger partial charge is 0.416 e. The van der Waals surface area contributed by atoms with Gasteiger partial charge in [0.05, 0.1) is 24.0 Å². The van der Waals surface area contributed by atoms with Crippen LogP contribution >= 0.6 is 11.6 Å². The monoisotopic (exact) mass is 394 g/mol. The number of benzene rings is 2. The van der Waals surface area contributed by atoms with E-state index in [-0.39, 0.29) is 5.69 Å². The molecule has 27 heavy (non-hydrogen) atoms. The first kappa shape index (κ1) is 18.8. The average molecular weight is 395 g/mol. The van der Waals surface area contributed by atoms with Crippen molar-refractivity contribution in [1.82, 2.24) is 9.78 Å². The van der Waals surface area contributed by atoms with Gasteiger partial charge in [-0.05, 0) is 35.9 Å². The molecule has 1 aromatic heterocycles. The van der Waals surface area contributed by atoms with Crippen molar-refractivity contribution in [3.05, 3.63) is 77.1 Å². The number of nitrogens with one attached hydrogen (secondary N) is 2. The molecule has 0 saturated carbocycles. The number of urea groups is 1. The summed E-state index contributed by atoms with van der Waals surface area (Å²) in [6.45, 7) is 0.480. The van der Waals surface area contributed by atoms with Crippen molar-refractivity contribution in [2.45, 2.75) is 12.7 Å². The Balaban J connectivity index is 1.60. The summed E-state index contributed by atoms with van der Waals surface area (Å²) in [5.41, 5.74) is 0.586. The Bertz CT molecular complexity index is 938. The van der Waals surface area contributed by atoms with Crippen LogP contribution in [0, 0.1) is 0 Å². The van der Waals surface area contributed by atoms with E-state index in [0.717, 1.165) is 17.7 Å². The van der Waals surface area contributed by atoms with Crippen LogP contribution < -0.4 is 10.6 Å². The summed E-state index contributed by atoms with van der Waals surface area (Å²) in [5, 5.41) is 9.66. The minimum absolute atomic E-state index is 0.0379. The van der Waals surface area contributed by atoms with Crippen LogP contribution in [0.3, 0.4) is 0 Å². The highest BCUT2D eigenvalue weighted by atomic mass is 35.5. The summed E-state index contributed by atoms with van der Waals surface area (Å²) in [4.78, 5) is 12.0. The van der Waals surface area contributed by atoms with Gasteiger partial charge >= 0.3 is 12.2 Å². The number of halogens is 4. The van der Waals surface area contributed by atoms with Gasteiger partial charge in [0, 0.05) is 16.9 Å². The number of nitrogens with zero attached hydrogens (tertiary/aromatic N) is 2. The highest BCUT2D eigenvalue weighted by Gasteiger charge is 2.30. The van der Waals surface area contributed by atoms with Gasteiger partial charge in [-0.3, -0.25) is 4.68 Å². The number of rotatable bonds is 4. The molecule has 3 aromatic rings. The molecule has 5 nitrogen and oxygen atoms in total. The fourth-order valence-electron chi connectivity index (χ4n) is 2.36. The second-order valence-corrected chi connectivity index (χ2v) is 6.15. The molecule has 0 radical (unpaired) electrons. The normalized spacial score (nSPS) is 11.3. The zero-order chi connectivity index (χ0) is 19.4. The van der Waals surface area contributed by atoms with Gasteiger partial charge < -0.3 is 10.6 Å². The zero-order valence-electron chi connectivity index (χ0n) is 13.8. The lowest BCUT2D eigenvalue weighted by Crippen LogP contribution is -2.19. The Morgan fingerprint density at radius 1 is 1.07 bits per heavy atom. The third kappa shape index (κ3) is 5.24. The molecular formula is C18H14ClF3N4O. The first-order valence-electron chi connectivity index (χ1n) is 7.82. The van der Waals surface area contributed by atoms with Crippen molar-refractivity contribution >= 4 is 29.0 Å². The van der Waals surface area contributed by atoms with Gasteiger partial charge in [0.15, 0.2) is 0 Å². The highest BCUT2D eigenvalue weighted by molar-refractivity contribution is 6.30. The summed E-state index contributed by atoms with van der Waals surface area (Å²) >= 11 is 5.84. The molecule has 0 atom stereocenters. The highest BCUT2D eigenvalue weighted by Crippen LogP contribution is 2.30. The Labute approximate surface area is 157 Å². The van der Waals surface area contributed by atoms with E-state index < -0.39 is 17.8 Å². The molecule has 3 rings (SSSR count). The molecule has 140 valence electrons. The molecule has 0 saturated heterocycles. The fourth-order valence-corrected chi connectivity index (χ4v) is 2.48. The summed E-state index contributed by atoms with van der Waals surface area (Å²) in [6.07, 6.45) is -1.42. The summed E-state index contributed by atoms with van der Waals surface area (Å²) < 4.78 is 39.7. The Morgan fingerprint density at radius 3 is 2.48 bits per heavy atom. The maximum atomic E-state index is 12.7. The second kappa shape index (κ2) is 7.71. The van der Waals surface area contributed by atoms with Gasteiger partial charge in [-0.2, -0.15) is 18.3 Å². The number of aromatic nitrogens is 2. The van der Waals surface area contributed by atoms with Gasteiger partial charge in [-0.15, -0.1) is 0 Å². The predicted octanol–water partition coefficient (Wildman–Crippen LogP) is 5.25. The van der Waals surface area contributed by atoms with Crippen molar-refractivity contribution in [3.63, 3.8) is 0 Å². The van der Waals surface area contributed by atoms with Crippen molar-refractivity contribution < 1.29 is 18.0 Å². The molecular weight excluding hydrogens is 381 g/mol. The Morgan fingerprint density at radius 2 is 1.78 bits per heavy atom. The molecule has 2 aromatic carbocycles. The molecule has 0 aliphatic carbocycles. The quantitative estimate of drug-likeness (QED) is 0.635. The number of anilines is 2. The van der Waals surface area contributed by atoms with Crippen molar-refractivity contribution in [3.8, 4) is 0 Å². The number of carbonyl (C=O) groups excluding carboxylic acids is 1. The van der Waals surface area contributed by atoms with E-state index in [1.165, 1.54) is 18.3 Å². The number of amides is 2. The molecule has 0 fully saturated rings. The van der Waals surface area contributed by atoms with E-state index in [1.54, 1.807) is 23.0 Å². The summed E-state index contributed by atoms with van der Waals surface area (Å²) in [6, 6.07) is 11.0. The van der Waals surface area contributed by atoms with Gasteiger partial charge in [0.2, 0.25) is 0 Å². The van der Waals surface area contributed by atoms with Gasteiger partial charge in [-0.25, -0.2) is 4.79 Å². The van der Waals surface area contributed by atoms with Crippen LogP contribution in [0.4, 0.5) is 29.3 Å². The van der Waals surface area contributed by atoms with E-state index >= 15 is 0 Å². The molecule has 0 aliphatic heterocycles. The summed E-state index contributed by atoms with van der Waals surface area (Å²) in [7, 11) is 0. The fraction of sp³-hybridized carbons (Fsp3) is 0.111. The lowest BCUT2D eigenvalue weighted by molar-refractivity contribution is -0.137. The first-order chi connectivity index (χ1) is 12.8. The van der Waals surface area contributed by atoms with Gasteiger partial charge in [-0.1, -0.05) is 29.8 Å². The minimum atomic E-state index is -4.48. The molecule has 0 bridgehead atoms. The van der Waals surface area contributed by atoms with E-state index in [2.05, 4.69) is 15.7 Å². The van der Waals surface area contributed by atoms with Crippen molar-refractivity contribution in [1.29, 1.82) is 0 Å². The number of hydrogen-bond donors (Lipinski definition) is 2. The molecule has 2 amide bonds. The van der Waals surface area contributed by atoms with Gasteiger partial charge in [0.1, 0.15) is 0 Å². The molecule has 0 spiro atoms. The Kier molecular flexibility index (Phi) is 5.36. The second-order valence-electron chi connectivity index (χ2n) is 5.71. The van der Waals surface area contributed by atoms with Crippen LogP contribution in [-0.2, 0) is 12.7 Å². The molecule has 0 unspecified atom stereocenters. The van der Waals surface area contributed by atoms with E-state index in [0.29, 0.717) is 17.3 Å². The minimum Gasteiger partial charge on any atom is -0.308 e. The predicted molar refractivity (Wildman–Crippen MR) is 96.9 cm³/mol. The first-order valence-corrected chi connectivity index (χ1v) is 8.19. The third-order valence-corrected chi connectivity index (χ3v) is 3.85. The maximum Gasteiger partial charge on any atom is 0.416 e. The maximum absolute atomic E-state index is 12.7. The zero-order valence-corrected chi connectivity index (χ0v) is 14.6. The third-order valence-electron chi connectivity index (χ3n) is 3.60. The number of carbonyl (C=O) groups is 1.